The summed E-state index contributed by atoms with van der Waals surface area (Å²) in [7, 11) is 5.93. The van der Waals surface area contributed by atoms with Crippen molar-refractivity contribution in [2.45, 2.75) is 64.8 Å². The molecule has 5 saturated heterocycles. The van der Waals surface area contributed by atoms with Crippen LogP contribution in [0.3, 0.4) is 0 Å². The molecule has 0 unspecified atom stereocenters. The largest absolute Gasteiger partial charge is 0.508 e. The predicted molar refractivity (Wildman–Crippen MR) is 521 cm³/mol. The first-order valence-corrected chi connectivity index (χ1v) is 44.6. The maximum atomic E-state index is 14.3. The van der Waals surface area contributed by atoms with Crippen molar-refractivity contribution in [1.29, 1.82) is 0 Å². The first-order valence-electron chi connectivity index (χ1n) is 44.3. The molecule has 5 fully saturated rings. The van der Waals surface area contributed by atoms with Crippen molar-refractivity contribution in [3.63, 3.8) is 0 Å². The van der Waals surface area contributed by atoms with Crippen molar-refractivity contribution < 1.29 is 59.3 Å². The number of anilines is 5. The number of benzene rings is 10. The van der Waals surface area contributed by atoms with E-state index in [-0.39, 0.29) is 39.8 Å². The number of nitrogens with one attached hydrogen (secondary N) is 5. The number of fused-ring (bicyclic) bond motifs is 5. The predicted octanol–water partition coefficient (Wildman–Crippen LogP) is 17.1. The molecule has 10 aromatic carbocycles. The van der Waals surface area contributed by atoms with Crippen molar-refractivity contribution in [3.05, 3.63) is 293 Å². The van der Waals surface area contributed by atoms with Crippen LogP contribution in [0.25, 0.3) is 110 Å². The standard InChI is InChI=1S/C21H21ClN2O3.3C21H21FN2O3.C20H20N2O3/c1-13-12-24(8-7-23-13)16-5-3-14-10-20(27-21(25)17(14)11-16)15-4-6-19(26-2)18(22)9-15;1-13-12-24(8-7-23-13)16-5-3-14-9-20(27-21(25)17(14)11-16)18-10-15(22)4-6-19(18)26-2;1-13-12-24(8-7-23-13)16-5-3-14-9-19(27-21(25)17(14)11-16)15-4-6-18(22)20(10-15)26-2;1-13-12-24(8-7-23-13)15-4-3-14-9-20(27-21(25)18(14)10-15)17-6-5-16(26-2)11-19(17)22;1-13-12-22(8-7-21-13)16-6-5-14-10-19(25-20(24)18(14)11-16)15-3-2-4-17(23)9-15/h4*3-6,9-11,13,23H,7-8,12H2,1-2H3;2-6,9-11,13,21,23H,7-8,12H2,1H3/t5*13-/m00000/s1. The number of phenols is 1. The van der Waals surface area contributed by atoms with Crippen LogP contribution < -0.4 is 98.2 Å². The number of phenolic OH excluding ortho intramolecular Hbond substituents is 1. The number of rotatable bonds is 14. The molecule has 5 aromatic heterocycles. The van der Waals surface area contributed by atoms with Crippen LogP contribution in [0.1, 0.15) is 34.6 Å². The van der Waals surface area contributed by atoms with Crippen molar-refractivity contribution in [2.75, 3.05) is 151 Å². The molecule has 29 heteroatoms. The van der Waals surface area contributed by atoms with Crippen LogP contribution in [0, 0.1) is 17.5 Å². The molecule has 5 aliphatic heterocycles. The van der Waals surface area contributed by atoms with Crippen LogP contribution in [0.5, 0.6) is 28.7 Å². The summed E-state index contributed by atoms with van der Waals surface area (Å²) in [5, 5.41) is 33.8. The van der Waals surface area contributed by atoms with Gasteiger partial charge < -0.3 is 97.2 Å². The number of ether oxygens (including phenoxy) is 4. The van der Waals surface area contributed by atoms with E-state index >= 15 is 0 Å². The second-order valence-electron chi connectivity index (χ2n) is 33.8. The minimum absolute atomic E-state index is 0.110. The van der Waals surface area contributed by atoms with E-state index in [2.05, 4.69) is 91.8 Å². The molecule has 688 valence electrons. The monoisotopic (exact) mass is 1820 g/mol. The molecule has 133 heavy (non-hydrogen) atoms. The highest BCUT2D eigenvalue weighted by Gasteiger charge is 2.26. The van der Waals surface area contributed by atoms with Gasteiger partial charge in [0.25, 0.3) is 0 Å². The van der Waals surface area contributed by atoms with Crippen molar-refractivity contribution in [2.24, 2.45) is 0 Å². The van der Waals surface area contributed by atoms with E-state index < -0.39 is 34.3 Å². The molecule has 10 heterocycles. The Balaban J connectivity index is 0.000000121. The van der Waals surface area contributed by atoms with Gasteiger partial charge in [0.2, 0.25) is 0 Å². The van der Waals surface area contributed by atoms with Crippen LogP contribution in [-0.2, 0) is 0 Å². The summed E-state index contributed by atoms with van der Waals surface area (Å²) in [5.74, 6) is 2.13. The van der Waals surface area contributed by atoms with E-state index in [1.807, 2.05) is 103 Å². The van der Waals surface area contributed by atoms with Gasteiger partial charge in [0, 0.05) is 180 Å². The summed E-state index contributed by atoms with van der Waals surface area (Å²) >= 11 is 6.20. The lowest BCUT2D eigenvalue weighted by molar-refractivity contribution is 0.386. The molecule has 5 atom stereocenters. The second-order valence-corrected chi connectivity index (χ2v) is 34.2. The third kappa shape index (κ3) is 21.7. The van der Waals surface area contributed by atoms with Gasteiger partial charge in [-0.25, -0.2) is 37.1 Å². The fraction of sp³-hybridized carbons (Fsp3) is 0.279. The Morgan fingerprint density at radius 3 is 1.01 bits per heavy atom. The maximum absolute atomic E-state index is 14.3. The molecule has 0 spiro atoms. The van der Waals surface area contributed by atoms with Gasteiger partial charge in [-0.1, -0.05) is 54.1 Å². The summed E-state index contributed by atoms with van der Waals surface area (Å²) in [6.45, 7) is 24.3. The normalized spacial score (nSPS) is 17.4. The number of aromatic hydroxyl groups is 1. The van der Waals surface area contributed by atoms with Gasteiger partial charge >= 0.3 is 28.1 Å². The van der Waals surface area contributed by atoms with Crippen LogP contribution in [0.2, 0.25) is 5.02 Å². The smallest absolute Gasteiger partial charge is 0.344 e. The fourth-order valence-corrected chi connectivity index (χ4v) is 17.6. The van der Waals surface area contributed by atoms with Crippen LogP contribution in [-0.4, -0.2) is 162 Å². The quantitative estimate of drug-likeness (QED) is 0.0590. The average molecular weight is 1830 g/mol. The SMILES string of the molecule is COc1cc(-c2cc3ccc(N4CCN[C@@H](C)C4)cc3c(=O)o2)ccc1F.COc1ccc(-c2cc3ccc(N4CCN[C@@H](C)C4)cc3c(=O)o2)c(F)c1.COc1ccc(-c2cc3ccc(N4CCN[C@@H](C)C4)cc3c(=O)o2)cc1Cl.COc1ccc(F)cc1-c1cc2ccc(N3CCN[C@@H](C)C3)cc2c(=O)o1.C[C@H]1CN(c2ccc3cc(-c4cccc(O)c4)oc(=O)c3c2)CCN1. The summed E-state index contributed by atoms with van der Waals surface area (Å²) in [4.78, 5) is 74.2. The number of hydrogen-bond acceptors (Lipinski definition) is 25. The first kappa shape index (κ1) is 92.4. The zero-order valence-corrected chi connectivity index (χ0v) is 75.9. The van der Waals surface area contributed by atoms with Crippen LogP contribution in [0.15, 0.2) is 264 Å². The summed E-state index contributed by atoms with van der Waals surface area (Å²) in [6.07, 6.45) is 0. The van der Waals surface area contributed by atoms with Crippen molar-refractivity contribution in [1.82, 2.24) is 26.6 Å². The highest BCUT2D eigenvalue weighted by molar-refractivity contribution is 6.32. The van der Waals surface area contributed by atoms with Crippen molar-refractivity contribution in [3.8, 4) is 85.4 Å². The minimum Gasteiger partial charge on any atom is -0.508 e. The van der Waals surface area contributed by atoms with Gasteiger partial charge in [-0.2, -0.15) is 0 Å². The number of piperazine rings is 5. The zero-order valence-electron chi connectivity index (χ0n) is 75.2. The van der Waals surface area contributed by atoms with Gasteiger partial charge in [-0.3, -0.25) is 0 Å². The Morgan fingerprint density at radius 1 is 0.323 bits per heavy atom. The Hall–Kier alpha value is -13.9. The van der Waals surface area contributed by atoms with E-state index in [0.717, 1.165) is 159 Å². The Labute approximate surface area is 769 Å². The Morgan fingerprint density at radius 2 is 0.662 bits per heavy atom. The van der Waals surface area contributed by atoms with Crippen LogP contribution in [0.4, 0.5) is 41.6 Å². The molecule has 20 rings (SSSR count). The van der Waals surface area contributed by atoms with Gasteiger partial charge in [-0.05, 0) is 231 Å². The highest BCUT2D eigenvalue weighted by Crippen LogP contribution is 2.38. The lowest BCUT2D eigenvalue weighted by Crippen LogP contribution is -2.49. The second kappa shape index (κ2) is 41.3. The topological polar surface area (TPSA) is 285 Å². The molecule has 0 bridgehead atoms. The zero-order chi connectivity index (χ0) is 93.3. The van der Waals surface area contributed by atoms with Gasteiger partial charge in [-0.15, -0.1) is 0 Å². The van der Waals surface area contributed by atoms with Crippen molar-refractivity contribution >= 4 is 93.9 Å². The number of methoxy groups -OCH3 is 4. The lowest BCUT2D eigenvalue weighted by atomic mass is 10.1. The summed E-state index contributed by atoms with van der Waals surface area (Å²) in [5.41, 5.74) is 5.71. The molecular weight excluding hydrogens is 1720 g/mol. The summed E-state index contributed by atoms with van der Waals surface area (Å²) in [6, 6.07) is 65.2. The van der Waals surface area contributed by atoms with E-state index in [0.29, 0.717) is 113 Å². The lowest BCUT2D eigenvalue weighted by Gasteiger charge is -2.33. The molecule has 0 aliphatic carbocycles. The molecule has 0 saturated carbocycles. The molecule has 6 N–H and O–H groups in total. The minimum atomic E-state index is -0.497. The number of hydrogen-bond donors (Lipinski definition) is 6. The van der Waals surface area contributed by atoms with E-state index in [1.54, 1.807) is 79.9 Å². The highest BCUT2D eigenvalue weighted by atomic mass is 35.5. The van der Waals surface area contributed by atoms with Gasteiger partial charge in [0.05, 0.1) is 71.5 Å². The number of nitrogens with zero attached hydrogens (tertiary/aromatic N) is 5. The molecule has 25 nitrogen and oxygen atoms in total. The van der Waals surface area contributed by atoms with Crippen LogP contribution >= 0.6 is 11.6 Å². The van der Waals surface area contributed by atoms with Gasteiger partial charge in [0.15, 0.2) is 11.6 Å². The third-order valence-corrected chi connectivity index (χ3v) is 24.6. The Bertz CT molecular complexity index is 7110. The van der Waals surface area contributed by atoms with E-state index in [1.165, 1.54) is 57.7 Å². The number of halogens is 4. The molecule has 0 radical (unpaired) electrons. The maximum Gasteiger partial charge on any atom is 0.344 e. The van der Waals surface area contributed by atoms with E-state index in [4.69, 9.17) is 52.6 Å². The molecular formula is C104H104ClF3N10O15. The molecule has 5 aliphatic rings. The molecule has 0 amide bonds. The molecule has 15 aromatic rings. The summed E-state index contributed by atoms with van der Waals surface area (Å²) < 4.78 is 89.7. The first-order chi connectivity index (χ1) is 64.3. The third-order valence-electron chi connectivity index (χ3n) is 24.3. The average Bonchev–Trinajstić information content (AvgIpc) is 0.796. The fourth-order valence-electron chi connectivity index (χ4n) is 17.4. The Kier molecular flexibility index (Phi) is 28.7. The van der Waals surface area contributed by atoms with E-state index in [9.17, 15) is 42.3 Å². The van der Waals surface area contributed by atoms with Gasteiger partial charge in [0.1, 0.15) is 63.4 Å².